The molecular formula is C14H15ClN2O2S. The molecule has 1 heterocycles. The van der Waals surface area contributed by atoms with E-state index in [0.717, 1.165) is 11.4 Å². The smallest absolute Gasteiger partial charge is 0.226 e. The summed E-state index contributed by atoms with van der Waals surface area (Å²) < 4.78 is 5.52. The van der Waals surface area contributed by atoms with Crippen LogP contribution in [0.3, 0.4) is 0 Å². The first-order chi connectivity index (χ1) is 9.78. The third-order valence-corrected chi connectivity index (χ3v) is 3.58. The van der Waals surface area contributed by atoms with Crippen LogP contribution in [0.4, 0.5) is 5.13 Å². The molecule has 0 aliphatic rings. The Bertz CT molecular complexity index is 545. The van der Waals surface area contributed by atoms with Gasteiger partial charge in [0.1, 0.15) is 5.75 Å². The molecule has 1 aromatic heterocycles. The van der Waals surface area contributed by atoms with Crippen LogP contribution in [0.15, 0.2) is 35.7 Å². The predicted molar refractivity (Wildman–Crippen MR) is 81.5 cm³/mol. The monoisotopic (exact) mass is 310 g/mol. The van der Waals surface area contributed by atoms with E-state index in [1.807, 2.05) is 35.7 Å². The summed E-state index contributed by atoms with van der Waals surface area (Å²) in [6.45, 7) is 0.516. The number of anilines is 1. The molecule has 2 aromatic rings. The van der Waals surface area contributed by atoms with Gasteiger partial charge in [-0.3, -0.25) is 4.79 Å². The van der Waals surface area contributed by atoms with Gasteiger partial charge in [0.25, 0.3) is 0 Å². The third kappa shape index (κ3) is 4.83. The number of aromatic nitrogens is 1. The van der Waals surface area contributed by atoms with Crippen LogP contribution in [0.1, 0.15) is 18.5 Å². The Morgan fingerprint density at radius 1 is 1.35 bits per heavy atom. The summed E-state index contributed by atoms with van der Waals surface area (Å²) in [5, 5.41) is 5.18. The molecular weight excluding hydrogens is 296 g/mol. The number of alkyl halides is 1. The van der Waals surface area contributed by atoms with Gasteiger partial charge >= 0.3 is 0 Å². The van der Waals surface area contributed by atoms with Gasteiger partial charge in [0, 0.05) is 11.8 Å². The zero-order chi connectivity index (χ0) is 14.2. The van der Waals surface area contributed by atoms with E-state index in [1.54, 1.807) is 0 Å². The summed E-state index contributed by atoms with van der Waals surface area (Å²) in [6, 6.07) is 9.55. The molecule has 1 N–H and O–H groups in total. The zero-order valence-electron chi connectivity index (χ0n) is 10.8. The molecule has 106 valence electrons. The average Bonchev–Trinajstić information content (AvgIpc) is 2.92. The number of carbonyl (C=O) groups is 1. The maximum absolute atomic E-state index is 11.7. The molecule has 0 bridgehead atoms. The molecule has 0 saturated heterocycles. The normalized spacial score (nSPS) is 10.2. The molecule has 0 saturated carbocycles. The number of thiazole rings is 1. The minimum atomic E-state index is -0.0582. The van der Waals surface area contributed by atoms with Gasteiger partial charge in [-0.2, -0.15) is 0 Å². The Balaban J connectivity index is 1.65. The van der Waals surface area contributed by atoms with Gasteiger partial charge in [-0.25, -0.2) is 4.98 Å². The van der Waals surface area contributed by atoms with Gasteiger partial charge in [-0.05, 0) is 18.6 Å². The Morgan fingerprint density at radius 2 is 2.15 bits per heavy atom. The molecule has 0 spiro atoms. The van der Waals surface area contributed by atoms with Gasteiger partial charge in [-0.1, -0.05) is 18.2 Å². The van der Waals surface area contributed by atoms with Crippen molar-refractivity contribution in [3.8, 4) is 5.75 Å². The van der Waals surface area contributed by atoms with Crippen LogP contribution in [-0.2, 0) is 10.7 Å². The highest BCUT2D eigenvalue weighted by Gasteiger charge is 2.06. The number of hydrogen-bond donors (Lipinski definition) is 1. The molecule has 1 amide bonds. The number of nitrogens with zero attached hydrogens (tertiary/aromatic N) is 1. The number of nitrogens with one attached hydrogen (secondary N) is 1. The highest BCUT2D eigenvalue weighted by atomic mass is 35.5. The van der Waals surface area contributed by atoms with Crippen LogP contribution < -0.4 is 10.1 Å². The highest BCUT2D eigenvalue weighted by Crippen LogP contribution is 2.17. The highest BCUT2D eigenvalue weighted by molar-refractivity contribution is 7.13. The van der Waals surface area contributed by atoms with E-state index >= 15 is 0 Å². The first-order valence-corrected chi connectivity index (χ1v) is 7.67. The number of halogens is 1. The lowest BCUT2D eigenvalue weighted by atomic mass is 10.3. The molecule has 1 aromatic carbocycles. The third-order valence-electron chi connectivity index (χ3n) is 2.50. The van der Waals surface area contributed by atoms with E-state index < -0.39 is 0 Å². The Hall–Kier alpha value is -1.59. The summed E-state index contributed by atoms with van der Waals surface area (Å²) >= 11 is 7.03. The maximum Gasteiger partial charge on any atom is 0.226 e. The van der Waals surface area contributed by atoms with Crippen LogP contribution in [0, 0.1) is 0 Å². The number of carbonyl (C=O) groups excluding carboxylic acids is 1. The summed E-state index contributed by atoms with van der Waals surface area (Å²) in [5.41, 5.74) is 0.777. The van der Waals surface area contributed by atoms with Crippen molar-refractivity contribution < 1.29 is 9.53 Å². The fourth-order valence-electron chi connectivity index (χ4n) is 1.55. The van der Waals surface area contributed by atoms with Crippen molar-refractivity contribution in [3.63, 3.8) is 0 Å². The number of rotatable bonds is 7. The van der Waals surface area contributed by atoms with Crippen molar-refractivity contribution >= 4 is 34.0 Å². The van der Waals surface area contributed by atoms with E-state index in [0.29, 0.717) is 30.5 Å². The molecule has 0 radical (unpaired) electrons. The fraction of sp³-hybridized carbons (Fsp3) is 0.286. The summed E-state index contributed by atoms with van der Waals surface area (Å²) in [6.07, 6.45) is 1.07. The van der Waals surface area contributed by atoms with E-state index in [2.05, 4.69) is 10.3 Å². The summed E-state index contributed by atoms with van der Waals surface area (Å²) in [5.74, 6) is 1.12. The second-order valence-corrected chi connectivity index (χ2v) is 5.22. The largest absolute Gasteiger partial charge is 0.494 e. The van der Waals surface area contributed by atoms with E-state index in [9.17, 15) is 4.79 Å². The molecule has 2 rings (SSSR count). The molecule has 0 atom stereocenters. The zero-order valence-corrected chi connectivity index (χ0v) is 12.4. The van der Waals surface area contributed by atoms with Crippen LogP contribution in [-0.4, -0.2) is 17.5 Å². The number of amides is 1. The summed E-state index contributed by atoms with van der Waals surface area (Å²) in [4.78, 5) is 15.9. The van der Waals surface area contributed by atoms with Crippen molar-refractivity contribution in [2.24, 2.45) is 0 Å². The Morgan fingerprint density at radius 3 is 2.85 bits per heavy atom. The van der Waals surface area contributed by atoms with Crippen LogP contribution in [0.25, 0.3) is 0 Å². The first-order valence-electron chi connectivity index (χ1n) is 6.26. The molecule has 4 nitrogen and oxygen atoms in total. The number of ether oxygens (including phenoxy) is 1. The van der Waals surface area contributed by atoms with E-state index in [1.165, 1.54) is 11.3 Å². The van der Waals surface area contributed by atoms with E-state index in [-0.39, 0.29) is 5.91 Å². The lowest BCUT2D eigenvalue weighted by molar-refractivity contribution is -0.116. The molecule has 0 unspecified atom stereocenters. The molecule has 20 heavy (non-hydrogen) atoms. The summed E-state index contributed by atoms with van der Waals surface area (Å²) in [7, 11) is 0. The first kappa shape index (κ1) is 14.8. The second-order valence-electron chi connectivity index (χ2n) is 4.09. The minimum absolute atomic E-state index is 0.0582. The van der Waals surface area contributed by atoms with Crippen molar-refractivity contribution in [1.82, 2.24) is 4.98 Å². The SMILES string of the molecule is O=C(CCCOc1ccccc1)Nc1nc(CCl)cs1. The standard InChI is InChI=1S/C14H15ClN2O2S/c15-9-11-10-20-14(16-11)17-13(18)7-4-8-19-12-5-2-1-3-6-12/h1-3,5-6,10H,4,7-9H2,(H,16,17,18). The van der Waals surface area contributed by atoms with Crippen LogP contribution in [0.5, 0.6) is 5.75 Å². The maximum atomic E-state index is 11.7. The average molecular weight is 311 g/mol. The van der Waals surface area contributed by atoms with Gasteiger partial charge in [0.15, 0.2) is 5.13 Å². The van der Waals surface area contributed by atoms with Crippen molar-refractivity contribution in [1.29, 1.82) is 0 Å². The van der Waals surface area contributed by atoms with E-state index in [4.69, 9.17) is 16.3 Å². The van der Waals surface area contributed by atoms with Crippen molar-refractivity contribution in [3.05, 3.63) is 41.4 Å². The molecule has 0 fully saturated rings. The minimum Gasteiger partial charge on any atom is -0.494 e. The topological polar surface area (TPSA) is 51.2 Å². The lowest BCUT2D eigenvalue weighted by Crippen LogP contribution is -2.12. The Kier molecular flexibility index (Phi) is 5.83. The fourth-order valence-corrected chi connectivity index (χ4v) is 2.50. The number of para-hydroxylation sites is 1. The second kappa shape index (κ2) is 7.87. The van der Waals surface area contributed by atoms with Gasteiger partial charge in [0.05, 0.1) is 18.2 Å². The molecule has 6 heteroatoms. The lowest BCUT2D eigenvalue weighted by Gasteiger charge is -2.05. The molecule has 0 aliphatic carbocycles. The Labute approximate surface area is 126 Å². The van der Waals surface area contributed by atoms with Gasteiger partial charge < -0.3 is 10.1 Å². The number of hydrogen-bond acceptors (Lipinski definition) is 4. The van der Waals surface area contributed by atoms with Crippen LogP contribution >= 0.6 is 22.9 Å². The molecule has 0 aliphatic heterocycles. The quantitative estimate of drug-likeness (QED) is 0.627. The van der Waals surface area contributed by atoms with Crippen LogP contribution in [0.2, 0.25) is 0 Å². The van der Waals surface area contributed by atoms with Gasteiger partial charge in [-0.15, -0.1) is 22.9 Å². The van der Waals surface area contributed by atoms with Gasteiger partial charge in [0.2, 0.25) is 5.91 Å². The van der Waals surface area contributed by atoms with Crippen molar-refractivity contribution in [2.75, 3.05) is 11.9 Å². The van der Waals surface area contributed by atoms with Crippen molar-refractivity contribution in [2.45, 2.75) is 18.7 Å². The number of benzene rings is 1. The predicted octanol–water partition coefficient (Wildman–Crippen LogP) is 3.68.